The summed E-state index contributed by atoms with van der Waals surface area (Å²) in [5.74, 6) is -0.225. The molecule has 1 N–H and O–H groups in total. The standard InChI is InChI=1S/C21H24N4O3.ClH/c1-14(2)24-7-5-17(6-8-24)28-18-3-4-19-15(9-18)10-20(21(26)27)25(19)16-11-22-13-23-12-16;/h3-4,9-14,17H,5-8H2,1-2H3,(H,26,27);1H. The van der Waals surface area contributed by atoms with E-state index in [1.54, 1.807) is 23.0 Å². The average Bonchev–Trinajstić information content (AvgIpc) is 3.08. The second-order valence-corrected chi connectivity index (χ2v) is 7.43. The molecule has 7 nitrogen and oxygen atoms in total. The molecule has 1 saturated heterocycles. The van der Waals surface area contributed by atoms with Crippen molar-refractivity contribution in [3.63, 3.8) is 0 Å². The highest BCUT2D eigenvalue weighted by Crippen LogP contribution is 2.29. The van der Waals surface area contributed by atoms with Crippen LogP contribution in [0.25, 0.3) is 16.6 Å². The van der Waals surface area contributed by atoms with E-state index >= 15 is 0 Å². The van der Waals surface area contributed by atoms with Crippen molar-refractivity contribution in [1.82, 2.24) is 19.4 Å². The van der Waals surface area contributed by atoms with Gasteiger partial charge in [0.15, 0.2) is 0 Å². The minimum Gasteiger partial charge on any atom is -0.490 e. The van der Waals surface area contributed by atoms with Crippen molar-refractivity contribution in [3.8, 4) is 11.4 Å². The Balaban J connectivity index is 0.00000240. The normalized spacial score (nSPS) is 15.4. The summed E-state index contributed by atoms with van der Waals surface area (Å²) in [5, 5.41) is 10.4. The van der Waals surface area contributed by atoms with Gasteiger partial charge >= 0.3 is 5.97 Å². The highest BCUT2D eigenvalue weighted by Gasteiger charge is 2.22. The summed E-state index contributed by atoms with van der Waals surface area (Å²) >= 11 is 0. The van der Waals surface area contributed by atoms with Crippen LogP contribution in [0.1, 0.15) is 37.2 Å². The van der Waals surface area contributed by atoms with E-state index < -0.39 is 5.97 Å². The van der Waals surface area contributed by atoms with Gasteiger partial charge in [-0.3, -0.25) is 0 Å². The summed E-state index contributed by atoms with van der Waals surface area (Å²) in [4.78, 5) is 22.2. The van der Waals surface area contributed by atoms with E-state index in [9.17, 15) is 9.90 Å². The van der Waals surface area contributed by atoms with Crippen molar-refractivity contribution < 1.29 is 14.6 Å². The molecule has 1 aliphatic rings. The quantitative estimate of drug-likeness (QED) is 0.681. The van der Waals surface area contributed by atoms with Crippen LogP contribution >= 0.6 is 12.4 Å². The maximum absolute atomic E-state index is 11.8. The number of rotatable bonds is 5. The Morgan fingerprint density at radius 3 is 2.48 bits per heavy atom. The molecule has 0 aliphatic carbocycles. The van der Waals surface area contributed by atoms with Crippen LogP contribution in [0, 0.1) is 0 Å². The van der Waals surface area contributed by atoms with Gasteiger partial charge in [0.1, 0.15) is 23.9 Å². The maximum Gasteiger partial charge on any atom is 0.352 e. The van der Waals surface area contributed by atoms with Crippen molar-refractivity contribution in [3.05, 3.63) is 48.7 Å². The lowest BCUT2D eigenvalue weighted by atomic mass is 10.1. The number of benzene rings is 1. The fourth-order valence-electron chi connectivity index (χ4n) is 3.81. The van der Waals surface area contributed by atoms with Crippen LogP contribution in [-0.4, -0.2) is 55.7 Å². The number of carboxylic acid groups (broad SMARTS) is 1. The highest BCUT2D eigenvalue weighted by molar-refractivity contribution is 5.96. The lowest BCUT2D eigenvalue weighted by Crippen LogP contribution is -2.41. The van der Waals surface area contributed by atoms with E-state index in [-0.39, 0.29) is 24.2 Å². The summed E-state index contributed by atoms with van der Waals surface area (Å²) in [7, 11) is 0. The summed E-state index contributed by atoms with van der Waals surface area (Å²) in [6, 6.07) is 7.94. The van der Waals surface area contributed by atoms with Gasteiger partial charge < -0.3 is 19.3 Å². The van der Waals surface area contributed by atoms with E-state index in [0.29, 0.717) is 11.7 Å². The average molecular weight is 417 g/mol. The molecular weight excluding hydrogens is 392 g/mol. The zero-order chi connectivity index (χ0) is 19.7. The van der Waals surface area contributed by atoms with Crippen LogP contribution in [0.2, 0.25) is 0 Å². The van der Waals surface area contributed by atoms with E-state index in [4.69, 9.17) is 4.74 Å². The largest absolute Gasteiger partial charge is 0.490 e. The molecule has 8 heteroatoms. The zero-order valence-electron chi connectivity index (χ0n) is 16.5. The molecule has 1 aromatic carbocycles. The van der Waals surface area contributed by atoms with E-state index in [2.05, 4.69) is 28.7 Å². The summed E-state index contributed by atoms with van der Waals surface area (Å²) in [5.41, 5.74) is 1.57. The van der Waals surface area contributed by atoms with Crippen LogP contribution in [0.5, 0.6) is 5.75 Å². The molecule has 0 spiro atoms. The number of hydrogen-bond acceptors (Lipinski definition) is 5. The summed E-state index contributed by atoms with van der Waals surface area (Å²) < 4.78 is 7.85. The van der Waals surface area contributed by atoms with Crippen molar-refractivity contribution in [2.45, 2.75) is 38.8 Å². The van der Waals surface area contributed by atoms with Crippen molar-refractivity contribution >= 4 is 29.3 Å². The minimum absolute atomic E-state index is 0. The molecule has 1 aliphatic heterocycles. The molecule has 0 radical (unpaired) electrons. The summed E-state index contributed by atoms with van der Waals surface area (Å²) in [6.07, 6.45) is 6.82. The van der Waals surface area contributed by atoms with E-state index in [1.807, 2.05) is 18.2 Å². The highest BCUT2D eigenvalue weighted by atomic mass is 35.5. The van der Waals surface area contributed by atoms with Crippen LogP contribution in [0.4, 0.5) is 0 Å². The lowest BCUT2D eigenvalue weighted by Gasteiger charge is -2.34. The lowest BCUT2D eigenvalue weighted by molar-refractivity contribution is 0.0688. The molecule has 29 heavy (non-hydrogen) atoms. The first-order valence-corrected chi connectivity index (χ1v) is 9.58. The third kappa shape index (κ3) is 4.36. The molecular formula is C21H25ClN4O3. The van der Waals surface area contributed by atoms with Gasteiger partial charge in [0.05, 0.1) is 23.6 Å². The SMILES string of the molecule is CC(C)N1CCC(Oc2ccc3c(c2)cc(C(=O)O)n3-c2cncnc2)CC1.Cl. The molecule has 2 aromatic heterocycles. The Morgan fingerprint density at radius 1 is 1.17 bits per heavy atom. The van der Waals surface area contributed by atoms with Gasteiger partial charge in [0.25, 0.3) is 0 Å². The van der Waals surface area contributed by atoms with Crippen molar-refractivity contribution in [2.24, 2.45) is 0 Å². The Morgan fingerprint density at radius 2 is 1.86 bits per heavy atom. The Labute approximate surface area is 175 Å². The van der Waals surface area contributed by atoms with Gasteiger partial charge in [-0.1, -0.05) is 0 Å². The number of fused-ring (bicyclic) bond motifs is 1. The third-order valence-corrected chi connectivity index (χ3v) is 5.31. The molecule has 154 valence electrons. The van der Waals surface area contributed by atoms with Gasteiger partial charge in [0.2, 0.25) is 0 Å². The topological polar surface area (TPSA) is 80.5 Å². The molecule has 3 heterocycles. The number of carbonyl (C=O) groups is 1. The van der Waals surface area contributed by atoms with E-state index in [0.717, 1.165) is 42.6 Å². The van der Waals surface area contributed by atoms with Crippen molar-refractivity contribution in [2.75, 3.05) is 13.1 Å². The van der Waals surface area contributed by atoms with Gasteiger partial charge in [-0.05, 0) is 51.0 Å². The van der Waals surface area contributed by atoms with Gasteiger partial charge in [0, 0.05) is 24.5 Å². The maximum atomic E-state index is 11.8. The fraction of sp³-hybridized carbons (Fsp3) is 0.381. The number of likely N-dealkylation sites (tertiary alicyclic amines) is 1. The van der Waals surface area contributed by atoms with Crippen LogP contribution in [0.3, 0.4) is 0 Å². The number of carboxylic acids is 1. The molecule has 3 aromatic rings. The third-order valence-electron chi connectivity index (χ3n) is 5.31. The molecule has 0 atom stereocenters. The van der Waals surface area contributed by atoms with Crippen LogP contribution in [-0.2, 0) is 0 Å². The van der Waals surface area contributed by atoms with Crippen LogP contribution in [0.15, 0.2) is 43.0 Å². The number of nitrogens with zero attached hydrogens (tertiary/aromatic N) is 4. The number of halogens is 1. The number of aromatic nitrogens is 3. The Hall–Kier alpha value is -2.64. The molecule has 0 unspecified atom stereocenters. The monoisotopic (exact) mass is 416 g/mol. The number of piperidine rings is 1. The second-order valence-electron chi connectivity index (χ2n) is 7.43. The Bertz CT molecular complexity index is 982. The molecule has 1 fully saturated rings. The zero-order valence-corrected chi connectivity index (χ0v) is 17.3. The summed E-state index contributed by atoms with van der Waals surface area (Å²) in [6.45, 7) is 6.52. The van der Waals surface area contributed by atoms with Crippen LogP contribution < -0.4 is 4.74 Å². The molecule has 0 amide bonds. The Kier molecular flexibility index (Phi) is 6.39. The number of hydrogen-bond donors (Lipinski definition) is 1. The van der Waals surface area contributed by atoms with Gasteiger partial charge in [-0.15, -0.1) is 12.4 Å². The van der Waals surface area contributed by atoms with Crippen molar-refractivity contribution in [1.29, 1.82) is 0 Å². The minimum atomic E-state index is -0.997. The predicted octanol–water partition coefficient (Wildman–Crippen LogP) is 3.79. The predicted molar refractivity (Wildman–Crippen MR) is 113 cm³/mol. The van der Waals surface area contributed by atoms with Gasteiger partial charge in [-0.25, -0.2) is 14.8 Å². The fourth-order valence-corrected chi connectivity index (χ4v) is 3.81. The molecule has 0 bridgehead atoms. The number of ether oxygens (including phenoxy) is 1. The number of aromatic carboxylic acids is 1. The first kappa shape index (κ1) is 21.1. The smallest absolute Gasteiger partial charge is 0.352 e. The van der Waals surface area contributed by atoms with E-state index in [1.165, 1.54) is 6.33 Å². The van der Waals surface area contributed by atoms with Gasteiger partial charge in [-0.2, -0.15) is 0 Å². The first-order valence-electron chi connectivity index (χ1n) is 9.58. The second kappa shape index (κ2) is 8.80. The molecule has 0 saturated carbocycles. The molecule has 4 rings (SSSR count). The first-order chi connectivity index (χ1) is 13.5.